The lowest BCUT2D eigenvalue weighted by atomic mass is 10.1. The third kappa shape index (κ3) is 3.67. The van der Waals surface area contributed by atoms with Crippen LogP contribution in [-0.2, 0) is 0 Å². The van der Waals surface area contributed by atoms with E-state index in [2.05, 4.69) is 16.7 Å². The van der Waals surface area contributed by atoms with E-state index in [1.54, 1.807) is 0 Å². The standard InChI is InChI=1S/C12H22N2/c1-3-4-9-14-10-7-5-6-8-12(14)11-13-2/h12H,3-11H2,1H3. The molecule has 0 N–H and O–H groups in total. The first-order chi connectivity index (χ1) is 6.88. The van der Waals surface area contributed by atoms with Crippen LogP contribution in [0.1, 0.15) is 45.4 Å². The van der Waals surface area contributed by atoms with Crippen LogP contribution in [0, 0.1) is 6.57 Å². The Kier molecular flexibility index (Phi) is 5.63. The van der Waals surface area contributed by atoms with Crippen molar-refractivity contribution in [2.24, 2.45) is 0 Å². The van der Waals surface area contributed by atoms with E-state index in [1.165, 1.54) is 51.6 Å². The highest BCUT2D eigenvalue weighted by Crippen LogP contribution is 2.17. The molecule has 1 unspecified atom stereocenters. The van der Waals surface area contributed by atoms with Gasteiger partial charge in [0.15, 0.2) is 0 Å². The molecule has 2 heteroatoms. The third-order valence-corrected chi connectivity index (χ3v) is 3.10. The zero-order valence-electron chi connectivity index (χ0n) is 9.34. The fraction of sp³-hybridized carbons (Fsp3) is 0.917. The lowest BCUT2D eigenvalue weighted by Crippen LogP contribution is -2.37. The zero-order chi connectivity index (χ0) is 10.2. The van der Waals surface area contributed by atoms with E-state index < -0.39 is 0 Å². The van der Waals surface area contributed by atoms with Crippen molar-refractivity contribution >= 4 is 0 Å². The Morgan fingerprint density at radius 1 is 1.36 bits per heavy atom. The summed E-state index contributed by atoms with van der Waals surface area (Å²) in [4.78, 5) is 6.12. The summed E-state index contributed by atoms with van der Waals surface area (Å²) in [6, 6.07) is 0.557. The summed E-state index contributed by atoms with van der Waals surface area (Å²) < 4.78 is 0. The molecular formula is C12H22N2. The van der Waals surface area contributed by atoms with E-state index in [9.17, 15) is 0 Å². The molecule has 0 amide bonds. The van der Waals surface area contributed by atoms with Crippen LogP contribution in [0.3, 0.4) is 0 Å². The summed E-state index contributed by atoms with van der Waals surface area (Å²) in [5, 5.41) is 0. The molecule has 0 spiro atoms. The van der Waals surface area contributed by atoms with Crippen LogP contribution in [0.25, 0.3) is 4.85 Å². The Balaban J connectivity index is 2.42. The van der Waals surface area contributed by atoms with Crippen molar-refractivity contribution in [2.75, 3.05) is 19.6 Å². The van der Waals surface area contributed by atoms with Gasteiger partial charge in [-0.25, -0.2) is 6.57 Å². The molecule has 0 aromatic carbocycles. The molecule has 1 aliphatic rings. The van der Waals surface area contributed by atoms with Crippen molar-refractivity contribution in [3.8, 4) is 0 Å². The van der Waals surface area contributed by atoms with Crippen molar-refractivity contribution in [2.45, 2.75) is 51.5 Å². The molecule has 0 saturated carbocycles. The van der Waals surface area contributed by atoms with Crippen LogP contribution >= 0.6 is 0 Å². The van der Waals surface area contributed by atoms with Gasteiger partial charge in [0.1, 0.15) is 0 Å². The molecule has 2 nitrogen and oxygen atoms in total. The Morgan fingerprint density at radius 2 is 2.21 bits per heavy atom. The van der Waals surface area contributed by atoms with E-state index in [1.807, 2.05) is 0 Å². The SMILES string of the molecule is [C-]#[N+]CC1CCCCCN1CCCC. The quantitative estimate of drug-likeness (QED) is 0.624. The van der Waals surface area contributed by atoms with Crippen LogP contribution in [0.4, 0.5) is 0 Å². The second kappa shape index (κ2) is 6.84. The van der Waals surface area contributed by atoms with E-state index in [4.69, 9.17) is 6.57 Å². The highest BCUT2D eigenvalue weighted by Gasteiger charge is 2.22. The van der Waals surface area contributed by atoms with Gasteiger partial charge in [-0.1, -0.05) is 26.2 Å². The molecular weight excluding hydrogens is 172 g/mol. The third-order valence-electron chi connectivity index (χ3n) is 3.10. The minimum Gasteiger partial charge on any atom is -0.315 e. The Bertz CT molecular complexity index is 183. The molecule has 0 aromatic heterocycles. The molecule has 0 aromatic rings. The second-order valence-corrected chi connectivity index (χ2v) is 4.23. The lowest BCUT2D eigenvalue weighted by molar-refractivity contribution is 0.208. The smallest absolute Gasteiger partial charge is 0.229 e. The Hall–Kier alpha value is -0.550. The maximum atomic E-state index is 6.98. The fourth-order valence-electron chi connectivity index (χ4n) is 2.20. The molecule has 0 radical (unpaired) electrons. The van der Waals surface area contributed by atoms with Gasteiger partial charge in [0.05, 0.1) is 6.04 Å². The van der Waals surface area contributed by atoms with Gasteiger partial charge < -0.3 is 4.85 Å². The molecule has 1 saturated heterocycles. The number of unbranched alkanes of at least 4 members (excludes halogenated alkanes) is 1. The minimum atomic E-state index is 0.557. The number of nitrogens with zero attached hydrogens (tertiary/aromatic N) is 2. The van der Waals surface area contributed by atoms with E-state index in [0.29, 0.717) is 12.6 Å². The van der Waals surface area contributed by atoms with Crippen LogP contribution in [0.15, 0.2) is 0 Å². The summed E-state index contributed by atoms with van der Waals surface area (Å²) in [6.07, 6.45) is 7.81. The van der Waals surface area contributed by atoms with Crippen molar-refractivity contribution in [3.05, 3.63) is 11.4 Å². The van der Waals surface area contributed by atoms with Gasteiger partial charge in [0.2, 0.25) is 6.54 Å². The predicted octanol–water partition coefficient (Wildman–Crippen LogP) is 2.95. The molecule has 14 heavy (non-hydrogen) atoms. The molecule has 1 heterocycles. The summed E-state index contributed by atoms with van der Waals surface area (Å²) in [5.41, 5.74) is 0. The maximum absolute atomic E-state index is 6.98. The first kappa shape index (κ1) is 11.5. The van der Waals surface area contributed by atoms with Gasteiger partial charge in [0.25, 0.3) is 0 Å². The normalized spacial score (nSPS) is 24.1. The second-order valence-electron chi connectivity index (χ2n) is 4.23. The summed E-state index contributed by atoms with van der Waals surface area (Å²) in [6.45, 7) is 12.4. The average Bonchev–Trinajstić information content (AvgIpc) is 2.41. The van der Waals surface area contributed by atoms with Gasteiger partial charge >= 0.3 is 0 Å². The molecule has 1 rings (SSSR count). The van der Waals surface area contributed by atoms with E-state index >= 15 is 0 Å². The minimum absolute atomic E-state index is 0.557. The van der Waals surface area contributed by atoms with Gasteiger partial charge in [-0.05, 0) is 32.4 Å². The predicted molar refractivity (Wildman–Crippen MR) is 60.2 cm³/mol. The number of likely N-dealkylation sites (tertiary alicyclic amines) is 1. The van der Waals surface area contributed by atoms with Crippen molar-refractivity contribution < 1.29 is 0 Å². The molecule has 1 atom stereocenters. The fourth-order valence-corrected chi connectivity index (χ4v) is 2.20. The first-order valence-electron chi connectivity index (χ1n) is 5.95. The molecule has 0 aliphatic carbocycles. The first-order valence-corrected chi connectivity index (χ1v) is 5.95. The Labute approximate surface area is 88.1 Å². The van der Waals surface area contributed by atoms with Crippen LogP contribution in [0.5, 0.6) is 0 Å². The maximum Gasteiger partial charge on any atom is 0.229 e. The van der Waals surface area contributed by atoms with Gasteiger partial charge in [-0.3, -0.25) is 4.90 Å². The van der Waals surface area contributed by atoms with Crippen molar-refractivity contribution in [1.29, 1.82) is 0 Å². The van der Waals surface area contributed by atoms with Gasteiger partial charge in [-0.2, -0.15) is 0 Å². The van der Waals surface area contributed by atoms with Crippen LogP contribution in [-0.4, -0.2) is 30.6 Å². The summed E-state index contributed by atoms with van der Waals surface area (Å²) >= 11 is 0. The molecule has 1 aliphatic heterocycles. The Morgan fingerprint density at radius 3 is 2.93 bits per heavy atom. The molecule has 1 fully saturated rings. The molecule has 0 bridgehead atoms. The number of hydrogen-bond donors (Lipinski definition) is 0. The summed E-state index contributed by atoms with van der Waals surface area (Å²) in [5.74, 6) is 0. The van der Waals surface area contributed by atoms with Gasteiger partial charge in [0, 0.05) is 0 Å². The van der Waals surface area contributed by atoms with Gasteiger partial charge in [-0.15, -0.1) is 0 Å². The molecule has 80 valence electrons. The van der Waals surface area contributed by atoms with E-state index in [-0.39, 0.29) is 0 Å². The highest BCUT2D eigenvalue weighted by atomic mass is 15.2. The van der Waals surface area contributed by atoms with Crippen LogP contribution < -0.4 is 0 Å². The average molecular weight is 194 g/mol. The van der Waals surface area contributed by atoms with Crippen molar-refractivity contribution in [3.63, 3.8) is 0 Å². The van der Waals surface area contributed by atoms with E-state index in [0.717, 1.165) is 0 Å². The largest absolute Gasteiger partial charge is 0.315 e. The highest BCUT2D eigenvalue weighted by molar-refractivity contribution is 4.81. The van der Waals surface area contributed by atoms with Crippen molar-refractivity contribution in [1.82, 2.24) is 4.90 Å². The monoisotopic (exact) mass is 194 g/mol. The van der Waals surface area contributed by atoms with Crippen LogP contribution in [0.2, 0.25) is 0 Å². The summed E-state index contributed by atoms with van der Waals surface area (Å²) in [7, 11) is 0. The topological polar surface area (TPSA) is 7.60 Å². The zero-order valence-corrected chi connectivity index (χ0v) is 9.34. The number of rotatable bonds is 4. The lowest BCUT2D eigenvalue weighted by Gasteiger charge is -2.25. The number of hydrogen-bond acceptors (Lipinski definition) is 1.